The normalized spacial score (nSPS) is 14.2. The maximum absolute atomic E-state index is 12.5. The van der Waals surface area contributed by atoms with Crippen molar-refractivity contribution in [2.75, 3.05) is 6.61 Å². The smallest absolute Gasteiger partial charge is 0.422 e. The van der Waals surface area contributed by atoms with Gasteiger partial charge >= 0.3 is 6.18 Å². The van der Waals surface area contributed by atoms with Crippen LogP contribution in [0, 0.1) is 0 Å². The molecule has 162 valence electrons. The number of fused-ring (bicyclic) bond motifs is 2. The van der Waals surface area contributed by atoms with Gasteiger partial charge in [-0.25, -0.2) is 4.99 Å². The minimum Gasteiger partial charge on any atom is -1.00 e. The highest BCUT2D eigenvalue weighted by Gasteiger charge is 2.28. The number of halogens is 4. The molecule has 3 aromatic carbocycles. The summed E-state index contributed by atoms with van der Waals surface area (Å²) in [6, 6.07) is 22.8. The molecular formula is C25H18ClF3N2O. The third-order valence-corrected chi connectivity index (χ3v) is 5.26. The number of rotatable bonds is 4. The van der Waals surface area contributed by atoms with Crippen molar-refractivity contribution in [3.05, 3.63) is 95.7 Å². The average molecular weight is 455 g/mol. The second-order valence-corrected chi connectivity index (χ2v) is 7.30. The van der Waals surface area contributed by atoms with Crippen LogP contribution in [0.5, 0.6) is 5.75 Å². The van der Waals surface area contributed by atoms with Crippen molar-refractivity contribution in [1.82, 2.24) is 4.98 Å². The van der Waals surface area contributed by atoms with E-state index in [-0.39, 0.29) is 18.2 Å². The minimum atomic E-state index is -4.37. The lowest BCUT2D eigenvalue weighted by Crippen LogP contribution is -3.00. The second kappa shape index (κ2) is 8.55. The molecule has 0 unspecified atom stereocenters. The maximum atomic E-state index is 12.5. The molecule has 0 fully saturated rings. The number of hydrogen-bond acceptors (Lipinski definition) is 1. The molecule has 0 amide bonds. The molecule has 1 aliphatic heterocycles. The van der Waals surface area contributed by atoms with Crippen molar-refractivity contribution in [2.24, 2.45) is 0 Å². The summed E-state index contributed by atoms with van der Waals surface area (Å²) in [5.41, 5.74) is 7.00. The van der Waals surface area contributed by atoms with Crippen LogP contribution in [0.25, 0.3) is 22.0 Å². The third-order valence-electron chi connectivity index (χ3n) is 5.26. The number of hydrogen-bond donors (Lipinski definition) is 2. The van der Waals surface area contributed by atoms with E-state index in [2.05, 4.69) is 22.1 Å². The summed E-state index contributed by atoms with van der Waals surface area (Å²) in [5.74, 6) is 0.179. The molecule has 0 atom stereocenters. The lowest BCUT2D eigenvalue weighted by Gasteiger charge is -2.12. The zero-order valence-corrected chi connectivity index (χ0v) is 17.5. The zero-order valence-electron chi connectivity index (χ0n) is 16.7. The van der Waals surface area contributed by atoms with Crippen LogP contribution in [0.4, 0.5) is 18.9 Å². The molecule has 1 aliphatic rings. The number of H-pyrrole nitrogens is 1. The Morgan fingerprint density at radius 3 is 2.41 bits per heavy atom. The Balaban J connectivity index is 0.00000245. The van der Waals surface area contributed by atoms with Crippen LogP contribution in [-0.4, -0.2) is 24.0 Å². The predicted molar refractivity (Wildman–Crippen MR) is 115 cm³/mol. The van der Waals surface area contributed by atoms with E-state index < -0.39 is 12.8 Å². The molecule has 0 bridgehead atoms. The molecule has 7 heteroatoms. The Morgan fingerprint density at radius 2 is 1.62 bits per heavy atom. The van der Waals surface area contributed by atoms with E-state index in [0.717, 1.165) is 44.4 Å². The van der Waals surface area contributed by atoms with Gasteiger partial charge in [-0.3, -0.25) is 0 Å². The molecule has 0 saturated carbocycles. The van der Waals surface area contributed by atoms with E-state index in [1.807, 2.05) is 48.8 Å². The highest BCUT2D eigenvalue weighted by Crippen LogP contribution is 2.38. The first-order valence-corrected chi connectivity index (χ1v) is 9.79. The van der Waals surface area contributed by atoms with Gasteiger partial charge in [-0.15, -0.1) is 0 Å². The SMILES string of the molecule is FC(F)(F)COc1ccc(C(=C2C=[NH+]c3ccccc32)c2c[nH]c3ccccc23)cc1.[Cl-]. The Bertz CT molecular complexity index is 1320. The summed E-state index contributed by atoms with van der Waals surface area (Å²) < 4.78 is 42.3. The Hall–Kier alpha value is -3.51. The summed E-state index contributed by atoms with van der Waals surface area (Å²) in [7, 11) is 0. The fourth-order valence-corrected chi connectivity index (χ4v) is 3.90. The molecule has 0 radical (unpaired) electrons. The molecule has 1 aromatic heterocycles. The number of nitrogens with one attached hydrogen (secondary N) is 2. The molecule has 0 spiro atoms. The van der Waals surface area contributed by atoms with Crippen molar-refractivity contribution >= 4 is 34.0 Å². The summed E-state index contributed by atoms with van der Waals surface area (Å²) in [6.45, 7) is -1.31. The van der Waals surface area contributed by atoms with Gasteiger partial charge in [0.1, 0.15) is 5.75 Å². The van der Waals surface area contributed by atoms with Crippen LogP contribution >= 0.6 is 0 Å². The lowest BCUT2D eigenvalue weighted by molar-refractivity contribution is -0.342. The summed E-state index contributed by atoms with van der Waals surface area (Å²) in [5, 5.41) is 1.07. The summed E-state index contributed by atoms with van der Waals surface area (Å²) in [4.78, 5) is 6.63. The van der Waals surface area contributed by atoms with Crippen molar-refractivity contribution in [2.45, 2.75) is 6.18 Å². The molecule has 3 nitrogen and oxygen atoms in total. The number of benzene rings is 3. The topological polar surface area (TPSA) is 39.0 Å². The van der Waals surface area contributed by atoms with Crippen LogP contribution in [0.3, 0.4) is 0 Å². The number of allylic oxidation sites excluding steroid dienone is 1. The molecule has 4 aromatic rings. The predicted octanol–water partition coefficient (Wildman–Crippen LogP) is 1.87. The molecule has 2 heterocycles. The van der Waals surface area contributed by atoms with E-state index in [0.29, 0.717) is 0 Å². The van der Waals surface area contributed by atoms with Gasteiger partial charge in [0.15, 0.2) is 12.8 Å². The molecule has 32 heavy (non-hydrogen) atoms. The Kier molecular flexibility index (Phi) is 5.80. The van der Waals surface area contributed by atoms with E-state index in [1.54, 1.807) is 24.3 Å². The van der Waals surface area contributed by atoms with Crippen molar-refractivity contribution < 1.29 is 35.3 Å². The number of para-hydroxylation sites is 2. The highest BCUT2D eigenvalue weighted by atomic mass is 35.5. The van der Waals surface area contributed by atoms with Crippen LogP contribution in [0.1, 0.15) is 16.7 Å². The number of aromatic amines is 1. The first kappa shape index (κ1) is 21.7. The van der Waals surface area contributed by atoms with Crippen LogP contribution < -0.4 is 22.1 Å². The van der Waals surface area contributed by atoms with Gasteiger partial charge in [-0.05, 0) is 29.8 Å². The van der Waals surface area contributed by atoms with E-state index >= 15 is 0 Å². The molecule has 5 rings (SSSR count). The Morgan fingerprint density at radius 1 is 0.906 bits per heavy atom. The third kappa shape index (κ3) is 4.14. The second-order valence-electron chi connectivity index (χ2n) is 7.30. The maximum Gasteiger partial charge on any atom is 0.422 e. The summed E-state index contributed by atoms with van der Waals surface area (Å²) >= 11 is 0. The molecule has 0 saturated heterocycles. The van der Waals surface area contributed by atoms with Crippen molar-refractivity contribution in [3.63, 3.8) is 0 Å². The van der Waals surface area contributed by atoms with Gasteiger partial charge in [0.05, 0.1) is 11.1 Å². The average Bonchev–Trinajstić information content (AvgIpc) is 3.38. The van der Waals surface area contributed by atoms with E-state index in [4.69, 9.17) is 4.74 Å². The van der Waals surface area contributed by atoms with Gasteiger partial charge < -0.3 is 22.1 Å². The number of aromatic nitrogens is 1. The fourth-order valence-electron chi connectivity index (χ4n) is 3.90. The van der Waals surface area contributed by atoms with Crippen molar-refractivity contribution in [3.8, 4) is 5.75 Å². The quantitative estimate of drug-likeness (QED) is 0.485. The van der Waals surface area contributed by atoms with Crippen molar-refractivity contribution in [1.29, 1.82) is 0 Å². The number of alkyl halides is 3. The highest BCUT2D eigenvalue weighted by molar-refractivity contribution is 6.24. The standard InChI is InChI=1S/C25H17F3N2O.ClH/c26-25(27,28)15-31-17-11-9-16(10-12-17)24(20-13-29-22-7-3-1-5-18(20)22)21-14-30-23-8-4-2-6-19(21)23;/h1-14,29H,15H2;1H. The molecular weight excluding hydrogens is 437 g/mol. The largest absolute Gasteiger partial charge is 1.00 e. The van der Waals surface area contributed by atoms with Crippen LogP contribution in [-0.2, 0) is 0 Å². The van der Waals surface area contributed by atoms with Gasteiger partial charge in [-0.1, -0.05) is 42.5 Å². The molecule has 0 aliphatic carbocycles. The van der Waals surface area contributed by atoms with Gasteiger partial charge in [0.2, 0.25) is 5.69 Å². The minimum absolute atomic E-state index is 0. The van der Waals surface area contributed by atoms with Gasteiger partial charge in [-0.2, -0.15) is 13.2 Å². The lowest BCUT2D eigenvalue weighted by atomic mass is 9.90. The monoisotopic (exact) mass is 454 g/mol. The van der Waals surface area contributed by atoms with Crippen LogP contribution in [0.2, 0.25) is 0 Å². The molecule has 2 N–H and O–H groups in total. The Labute approximate surface area is 188 Å². The fraction of sp³-hybridized carbons (Fsp3) is 0.0800. The van der Waals surface area contributed by atoms with E-state index in [9.17, 15) is 13.2 Å². The van der Waals surface area contributed by atoms with Gasteiger partial charge in [0.25, 0.3) is 0 Å². The first-order chi connectivity index (χ1) is 15.0. The zero-order chi connectivity index (χ0) is 21.4. The van der Waals surface area contributed by atoms with Gasteiger partial charge in [0, 0.05) is 34.3 Å². The summed E-state index contributed by atoms with van der Waals surface area (Å²) in [6.07, 6.45) is -0.435. The van der Waals surface area contributed by atoms with E-state index in [1.165, 1.54) is 0 Å². The number of ether oxygens (including phenoxy) is 1. The van der Waals surface area contributed by atoms with Crippen LogP contribution in [0.15, 0.2) is 79.0 Å². The first-order valence-electron chi connectivity index (χ1n) is 9.79.